The van der Waals surface area contributed by atoms with Crippen LogP contribution in [0.3, 0.4) is 0 Å². The number of benzene rings is 2. The second kappa shape index (κ2) is 8.32. The average molecular weight is 403 g/mol. The summed E-state index contributed by atoms with van der Waals surface area (Å²) in [6.45, 7) is 3.01. The summed E-state index contributed by atoms with van der Waals surface area (Å²) in [5, 5.41) is 2.98. The van der Waals surface area contributed by atoms with E-state index in [1.807, 2.05) is 31.2 Å². The quantitative estimate of drug-likeness (QED) is 0.806. The first-order valence-corrected chi connectivity index (χ1v) is 10.8. The molecule has 3 rings (SSSR count). The highest BCUT2D eigenvalue weighted by atomic mass is 32.2. The third-order valence-corrected chi connectivity index (χ3v) is 7.28. The standard InChI is InChI=1S/C21H26N2O4S/c1-21(20(24)22-16-17-8-10-18(27-2)11-9-17)12-14-23(15-13-21)28(25,26)19-6-4-3-5-7-19/h3-11H,12-16H2,1-2H3,(H,22,24). The van der Waals surface area contributed by atoms with E-state index >= 15 is 0 Å². The molecule has 1 heterocycles. The lowest BCUT2D eigenvalue weighted by molar-refractivity contribution is -0.132. The van der Waals surface area contributed by atoms with Gasteiger partial charge in [0, 0.05) is 25.0 Å². The predicted molar refractivity (Wildman–Crippen MR) is 107 cm³/mol. The van der Waals surface area contributed by atoms with Crippen LogP contribution in [0.4, 0.5) is 0 Å². The SMILES string of the molecule is COc1ccc(CNC(=O)C2(C)CCN(S(=O)(=O)c3ccccc3)CC2)cc1. The van der Waals surface area contributed by atoms with Crippen LogP contribution in [0.1, 0.15) is 25.3 Å². The molecule has 0 spiro atoms. The first-order valence-electron chi connectivity index (χ1n) is 9.32. The summed E-state index contributed by atoms with van der Waals surface area (Å²) in [7, 11) is -1.90. The Morgan fingerprint density at radius 1 is 1.07 bits per heavy atom. The van der Waals surface area contributed by atoms with Gasteiger partial charge in [-0.15, -0.1) is 0 Å². The fraction of sp³-hybridized carbons (Fsp3) is 0.381. The Labute approximate surface area is 166 Å². The van der Waals surface area contributed by atoms with Crippen LogP contribution < -0.4 is 10.1 Å². The highest BCUT2D eigenvalue weighted by Gasteiger charge is 2.40. The van der Waals surface area contributed by atoms with Crippen molar-refractivity contribution in [2.75, 3.05) is 20.2 Å². The van der Waals surface area contributed by atoms with Crippen molar-refractivity contribution in [3.05, 3.63) is 60.2 Å². The third-order valence-electron chi connectivity index (χ3n) is 5.37. The van der Waals surface area contributed by atoms with Gasteiger partial charge in [-0.3, -0.25) is 4.79 Å². The van der Waals surface area contributed by atoms with E-state index in [1.165, 1.54) is 4.31 Å². The first-order chi connectivity index (χ1) is 13.3. The number of amides is 1. The van der Waals surface area contributed by atoms with Crippen LogP contribution in [0.15, 0.2) is 59.5 Å². The highest BCUT2D eigenvalue weighted by molar-refractivity contribution is 7.89. The minimum absolute atomic E-state index is 0.0416. The first kappa shape index (κ1) is 20.4. The number of piperidine rings is 1. The summed E-state index contributed by atoms with van der Waals surface area (Å²) in [5.74, 6) is 0.731. The van der Waals surface area contributed by atoms with Crippen molar-refractivity contribution in [3.8, 4) is 5.75 Å². The number of nitrogens with zero attached hydrogens (tertiary/aromatic N) is 1. The molecule has 0 aromatic heterocycles. The van der Waals surface area contributed by atoms with Gasteiger partial charge in [0.25, 0.3) is 0 Å². The molecule has 1 fully saturated rings. The van der Waals surface area contributed by atoms with Crippen molar-refractivity contribution in [3.63, 3.8) is 0 Å². The van der Waals surface area contributed by atoms with E-state index < -0.39 is 15.4 Å². The molecule has 2 aromatic carbocycles. The fourth-order valence-corrected chi connectivity index (χ4v) is 4.79. The summed E-state index contributed by atoms with van der Waals surface area (Å²) in [6, 6.07) is 16.0. The Morgan fingerprint density at radius 2 is 1.68 bits per heavy atom. The summed E-state index contributed by atoms with van der Waals surface area (Å²) in [6.07, 6.45) is 0.987. The van der Waals surface area contributed by atoms with Crippen molar-refractivity contribution < 1.29 is 17.9 Å². The maximum atomic E-state index is 12.7. The van der Waals surface area contributed by atoms with Crippen molar-refractivity contribution >= 4 is 15.9 Å². The van der Waals surface area contributed by atoms with Gasteiger partial charge in [0.15, 0.2) is 0 Å². The minimum atomic E-state index is -3.51. The van der Waals surface area contributed by atoms with E-state index in [-0.39, 0.29) is 5.91 Å². The van der Waals surface area contributed by atoms with Crippen LogP contribution in [-0.4, -0.2) is 38.8 Å². The Kier molecular flexibility index (Phi) is 6.05. The molecule has 6 nitrogen and oxygen atoms in total. The molecule has 150 valence electrons. The molecule has 1 aliphatic heterocycles. The normalized spacial score (nSPS) is 17.1. The maximum Gasteiger partial charge on any atom is 0.243 e. The lowest BCUT2D eigenvalue weighted by atomic mass is 9.80. The Morgan fingerprint density at radius 3 is 2.25 bits per heavy atom. The van der Waals surface area contributed by atoms with Crippen LogP contribution in [0, 0.1) is 5.41 Å². The van der Waals surface area contributed by atoms with Gasteiger partial charge in [0.1, 0.15) is 5.75 Å². The molecule has 1 aliphatic rings. The number of methoxy groups -OCH3 is 1. The van der Waals surface area contributed by atoms with Crippen molar-refractivity contribution in [1.82, 2.24) is 9.62 Å². The molecule has 0 atom stereocenters. The van der Waals surface area contributed by atoms with E-state index in [0.717, 1.165) is 11.3 Å². The zero-order chi connectivity index (χ0) is 20.2. The number of rotatable bonds is 6. The van der Waals surface area contributed by atoms with Crippen LogP contribution in [0.5, 0.6) is 5.75 Å². The monoisotopic (exact) mass is 402 g/mol. The number of ether oxygens (including phenoxy) is 1. The Hall–Kier alpha value is -2.38. The number of carbonyl (C=O) groups excluding carboxylic acids is 1. The minimum Gasteiger partial charge on any atom is -0.497 e. The molecule has 0 radical (unpaired) electrons. The predicted octanol–water partition coefficient (Wildman–Crippen LogP) is 2.80. The molecule has 1 amide bonds. The number of nitrogens with one attached hydrogen (secondary N) is 1. The number of sulfonamides is 1. The summed E-state index contributed by atoms with van der Waals surface area (Å²) in [5.41, 5.74) is 0.414. The van der Waals surface area contributed by atoms with Crippen LogP contribution >= 0.6 is 0 Å². The lowest BCUT2D eigenvalue weighted by Gasteiger charge is -2.37. The largest absolute Gasteiger partial charge is 0.497 e. The molecule has 0 bridgehead atoms. The molecule has 7 heteroatoms. The molecular weight excluding hydrogens is 376 g/mol. The van der Waals surface area contributed by atoms with Crippen LogP contribution in [-0.2, 0) is 21.4 Å². The van der Waals surface area contributed by atoms with Crippen molar-refractivity contribution in [2.24, 2.45) is 5.41 Å². The van der Waals surface area contributed by atoms with E-state index in [2.05, 4.69) is 5.32 Å². The van der Waals surface area contributed by atoms with Gasteiger partial charge >= 0.3 is 0 Å². The summed E-state index contributed by atoms with van der Waals surface area (Å²) in [4.78, 5) is 13.0. The lowest BCUT2D eigenvalue weighted by Crippen LogP contribution is -2.48. The van der Waals surface area contributed by atoms with Gasteiger partial charge in [0.05, 0.1) is 12.0 Å². The van der Waals surface area contributed by atoms with Gasteiger partial charge in [-0.2, -0.15) is 4.31 Å². The molecular formula is C21H26N2O4S. The molecule has 0 unspecified atom stereocenters. The summed E-state index contributed by atoms with van der Waals surface area (Å²) < 4.78 is 32.1. The van der Waals surface area contributed by atoms with Crippen LogP contribution in [0.25, 0.3) is 0 Å². The van der Waals surface area contributed by atoms with Crippen LogP contribution in [0.2, 0.25) is 0 Å². The highest BCUT2D eigenvalue weighted by Crippen LogP contribution is 2.33. The summed E-state index contributed by atoms with van der Waals surface area (Å²) >= 11 is 0. The third kappa shape index (κ3) is 4.36. The maximum absolute atomic E-state index is 12.7. The van der Waals surface area contributed by atoms with Gasteiger partial charge in [-0.1, -0.05) is 37.3 Å². The second-order valence-corrected chi connectivity index (χ2v) is 9.25. The Bertz CT molecular complexity index is 903. The number of hydrogen-bond donors (Lipinski definition) is 1. The van der Waals surface area contributed by atoms with E-state index in [4.69, 9.17) is 4.74 Å². The van der Waals surface area contributed by atoms with Gasteiger partial charge < -0.3 is 10.1 Å². The fourth-order valence-electron chi connectivity index (χ4n) is 3.33. The zero-order valence-electron chi connectivity index (χ0n) is 16.2. The second-order valence-electron chi connectivity index (χ2n) is 7.31. The molecule has 0 aliphatic carbocycles. The van der Waals surface area contributed by atoms with Crippen molar-refractivity contribution in [1.29, 1.82) is 0 Å². The van der Waals surface area contributed by atoms with E-state index in [0.29, 0.717) is 37.4 Å². The van der Waals surface area contributed by atoms with Crippen molar-refractivity contribution in [2.45, 2.75) is 31.2 Å². The smallest absolute Gasteiger partial charge is 0.243 e. The molecule has 28 heavy (non-hydrogen) atoms. The number of hydrogen-bond acceptors (Lipinski definition) is 4. The average Bonchev–Trinajstić information content (AvgIpc) is 2.73. The zero-order valence-corrected chi connectivity index (χ0v) is 17.0. The molecule has 0 saturated carbocycles. The number of carbonyl (C=O) groups is 1. The van der Waals surface area contributed by atoms with Gasteiger partial charge in [-0.05, 0) is 42.7 Å². The Balaban J connectivity index is 1.58. The molecule has 1 saturated heterocycles. The van der Waals surface area contributed by atoms with Gasteiger partial charge in [-0.25, -0.2) is 8.42 Å². The topological polar surface area (TPSA) is 75.7 Å². The van der Waals surface area contributed by atoms with Gasteiger partial charge in [0.2, 0.25) is 15.9 Å². The van der Waals surface area contributed by atoms with E-state index in [1.54, 1.807) is 37.4 Å². The van der Waals surface area contributed by atoms with E-state index in [9.17, 15) is 13.2 Å². The molecule has 1 N–H and O–H groups in total. The molecule has 2 aromatic rings.